The second kappa shape index (κ2) is 9.19. The molecule has 1 aromatic carbocycles. The van der Waals surface area contributed by atoms with Crippen LogP contribution in [0.4, 0.5) is 0 Å². The normalized spacial score (nSPS) is 12.1. The topological polar surface area (TPSA) is 69.9 Å². The lowest BCUT2D eigenvalue weighted by atomic mass is 10.1. The first kappa shape index (κ1) is 21.9. The Hall–Kier alpha value is -2.41. The van der Waals surface area contributed by atoms with E-state index in [0.717, 1.165) is 24.8 Å². The summed E-state index contributed by atoms with van der Waals surface area (Å²) < 4.78 is 12.8. The first-order valence-corrected chi connectivity index (χ1v) is 10.1. The molecule has 28 heavy (non-hydrogen) atoms. The molecule has 6 nitrogen and oxygen atoms in total. The van der Waals surface area contributed by atoms with Gasteiger partial charge in [-0.15, -0.1) is 0 Å². The summed E-state index contributed by atoms with van der Waals surface area (Å²) in [6, 6.07) is 4.61. The molecular formula is C21H28N2O4S. The Labute approximate surface area is 170 Å². The number of nitrogens with zero attached hydrogens (tertiary/aromatic N) is 2. The van der Waals surface area contributed by atoms with Crippen molar-refractivity contribution < 1.29 is 19.1 Å². The number of hydrogen-bond donors (Lipinski definition) is 0. The van der Waals surface area contributed by atoms with Crippen LogP contribution in [-0.4, -0.2) is 30.1 Å². The Kier molecular flexibility index (Phi) is 7.18. The van der Waals surface area contributed by atoms with E-state index in [4.69, 9.17) is 9.47 Å². The Bertz CT molecular complexity index is 919. The summed E-state index contributed by atoms with van der Waals surface area (Å²) >= 11 is 1.47. The van der Waals surface area contributed by atoms with Crippen LogP contribution in [0, 0.1) is 0 Å². The molecule has 0 spiro atoms. The molecule has 2 rings (SSSR count). The standard InChI is InChI=1S/C21H28N2O4S/c1-7-8-9-15-13-23(21(2,3)4)28-19(15)22-18(24)16-12-14(20(25)27-6)10-11-17(16)26-5/h10-13H,7-9H2,1-6H3. The number of rotatable bonds is 6. The van der Waals surface area contributed by atoms with Gasteiger partial charge in [-0.3, -0.25) is 8.75 Å². The van der Waals surface area contributed by atoms with Crippen LogP contribution in [0.3, 0.4) is 0 Å². The van der Waals surface area contributed by atoms with Crippen molar-refractivity contribution in [2.45, 2.75) is 52.5 Å². The van der Waals surface area contributed by atoms with Gasteiger partial charge in [0.05, 0.1) is 25.3 Å². The second-order valence-corrected chi connectivity index (χ2v) is 8.44. The van der Waals surface area contributed by atoms with E-state index in [-0.39, 0.29) is 16.7 Å². The van der Waals surface area contributed by atoms with E-state index in [9.17, 15) is 9.59 Å². The fraction of sp³-hybridized carbons (Fsp3) is 0.476. The molecule has 0 radical (unpaired) electrons. The number of methoxy groups -OCH3 is 2. The first-order chi connectivity index (χ1) is 13.2. The fourth-order valence-corrected chi connectivity index (χ4v) is 3.64. The van der Waals surface area contributed by atoms with Gasteiger partial charge in [-0.25, -0.2) is 4.79 Å². The van der Waals surface area contributed by atoms with Crippen molar-refractivity contribution in [3.8, 4) is 5.75 Å². The molecule has 2 aromatic rings. The van der Waals surface area contributed by atoms with Crippen LogP contribution in [-0.2, 0) is 16.7 Å². The number of ether oxygens (including phenoxy) is 2. The van der Waals surface area contributed by atoms with E-state index in [0.29, 0.717) is 10.4 Å². The van der Waals surface area contributed by atoms with Crippen molar-refractivity contribution in [3.05, 3.63) is 45.8 Å². The number of carbonyl (C=O) groups is 2. The van der Waals surface area contributed by atoms with E-state index in [1.807, 2.05) is 0 Å². The molecular weight excluding hydrogens is 376 g/mol. The average molecular weight is 405 g/mol. The Balaban J connectivity index is 2.54. The van der Waals surface area contributed by atoms with Crippen molar-refractivity contribution in [2.75, 3.05) is 14.2 Å². The number of aryl methyl sites for hydroxylation is 1. The van der Waals surface area contributed by atoms with Crippen LogP contribution in [0.15, 0.2) is 29.4 Å². The van der Waals surface area contributed by atoms with Gasteiger partial charge in [0.1, 0.15) is 10.4 Å². The summed E-state index contributed by atoms with van der Waals surface area (Å²) in [6.45, 7) is 8.47. The number of amides is 1. The van der Waals surface area contributed by atoms with Crippen LogP contribution in [0.2, 0.25) is 0 Å². The van der Waals surface area contributed by atoms with E-state index < -0.39 is 11.9 Å². The number of esters is 1. The molecule has 0 aliphatic carbocycles. The van der Waals surface area contributed by atoms with E-state index in [2.05, 4.69) is 42.8 Å². The number of benzene rings is 1. The zero-order chi connectivity index (χ0) is 20.9. The third-order valence-corrected chi connectivity index (χ3v) is 5.62. The van der Waals surface area contributed by atoms with E-state index in [1.54, 1.807) is 12.1 Å². The SMILES string of the molecule is CCCCc1cn(C(C)(C)C)sc1=NC(=O)c1cc(C(=O)OC)ccc1OC. The van der Waals surface area contributed by atoms with Crippen LogP contribution in [0.5, 0.6) is 5.75 Å². The van der Waals surface area contributed by atoms with Gasteiger partial charge >= 0.3 is 5.97 Å². The highest BCUT2D eigenvalue weighted by Crippen LogP contribution is 2.22. The lowest BCUT2D eigenvalue weighted by Crippen LogP contribution is -2.18. The molecule has 0 atom stereocenters. The van der Waals surface area contributed by atoms with Crippen LogP contribution < -0.4 is 9.41 Å². The van der Waals surface area contributed by atoms with Crippen molar-refractivity contribution in [1.82, 2.24) is 3.96 Å². The summed E-state index contributed by atoms with van der Waals surface area (Å²) in [5, 5.41) is 0. The molecule has 1 aromatic heterocycles. The van der Waals surface area contributed by atoms with Gasteiger partial charge in [0.2, 0.25) is 0 Å². The highest BCUT2D eigenvalue weighted by atomic mass is 32.1. The predicted octanol–water partition coefficient (Wildman–Crippen LogP) is 4.18. The maximum Gasteiger partial charge on any atom is 0.337 e. The van der Waals surface area contributed by atoms with Crippen molar-refractivity contribution >= 4 is 23.4 Å². The molecule has 1 amide bonds. The quantitative estimate of drug-likeness (QED) is 0.677. The molecule has 152 valence electrons. The van der Waals surface area contributed by atoms with Gasteiger partial charge in [0.25, 0.3) is 5.91 Å². The number of carbonyl (C=O) groups excluding carboxylic acids is 2. The van der Waals surface area contributed by atoms with E-state index >= 15 is 0 Å². The average Bonchev–Trinajstić information content (AvgIpc) is 3.08. The predicted molar refractivity (Wildman–Crippen MR) is 110 cm³/mol. The van der Waals surface area contributed by atoms with Crippen LogP contribution in [0.25, 0.3) is 0 Å². The van der Waals surface area contributed by atoms with E-state index in [1.165, 1.54) is 31.8 Å². The first-order valence-electron chi connectivity index (χ1n) is 9.29. The molecule has 0 bridgehead atoms. The van der Waals surface area contributed by atoms with Gasteiger partial charge in [0.15, 0.2) is 0 Å². The highest BCUT2D eigenvalue weighted by molar-refractivity contribution is 7.04. The maximum atomic E-state index is 12.9. The highest BCUT2D eigenvalue weighted by Gasteiger charge is 2.19. The van der Waals surface area contributed by atoms with Crippen LogP contribution >= 0.6 is 11.5 Å². The monoisotopic (exact) mass is 404 g/mol. The zero-order valence-electron chi connectivity index (χ0n) is 17.4. The summed E-state index contributed by atoms with van der Waals surface area (Å²) in [4.78, 5) is 29.1. The molecule has 0 saturated heterocycles. The van der Waals surface area contributed by atoms with Gasteiger partial charge < -0.3 is 9.47 Å². The molecule has 0 unspecified atom stereocenters. The minimum Gasteiger partial charge on any atom is -0.496 e. The Morgan fingerprint density at radius 1 is 1.21 bits per heavy atom. The van der Waals surface area contributed by atoms with Gasteiger partial charge in [-0.05, 0) is 63.3 Å². The molecule has 1 heterocycles. The molecule has 7 heteroatoms. The lowest BCUT2D eigenvalue weighted by molar-refractivity contribution is 0.0600. The summed E-state index contributed by atoms with van der Waals surface area (Å²) in [5.41, 5.74) is 1.48. The maximum absolute atomic E-state index is 12.9. The third-order valence-electron chi connectivity index (χ3n) is 4.25. The van der Waals surface area contributed by atoms with Crippen molar-refractivity contribution in [2.24, 2.45) is 4.99 Å². The summed E-state index contributed by atoms with van der Waals surface area (Å²) in [5.74, 6) is -0.581. The Morgan fingerprint density at radius 3 is 2.50 bits per heavy atom. The number of unbranched alkanes of at least 4 members (excludes halogenated alkanes) is 1. The molecule has 0 N–H and O–H groups in total. The van der Waals surface area contributed by atoms with Gasteiger partial charge in [-0.1, -0.05) is 13.3 Å². The van der Waals surface area contributed by atoms with Gasteiger partial charge in [-0.2, -0.15) is 4.99 Å². The van der Waals surface area contributed by atoms with Gasteiger partial charge in [0, 0.05) is 17.3 Å². The second-order valence-electron chi connectivity index (χ2n) is 7.47. The molecule has 0 fully saturated rings. The molecule has 0 saturated carbocycles. The Morgan fingerprint density at radius 2 is 1.93 bits per heavy atom. The van der Waals surface area contributed by atoms with Crippen molar-refractivity contribution in [1.29, 1.82) is 0 Å². The largest absolute Gasteiger partial charge is 0.496 e. The molecule has 0 aliphatic rings. The minimum absolute atomic E-state index is 0.0923. The van der Waals surface area contributed by atoms with Crippen molar-refractivity contribution in [3.63, 3.8) is 0 Å². The smallest absolute Gasteiger partial charge is 0.337 e. The summed E-state index contributed by atoms with van der Waals surface area (Å²) in [6.07, 6.45) is 5.03. The number of aromatic nitrogens is 1. The molecule has 0 aliphatic heterocycles. The summed E-state index contributed by atoms with van der Waals surface area (Å²) in [7, 11) is 2.78. The lowest BCUT2D eigenvalue weighted by Gasteiger charge is -2.19. The van der Waals surface area contributed by atoms with Crippen LogP contribution in [0.1, 0.15) is 66.8 Å². The number of hydrogen-bond acceptors (Lipinski definition) is 5. The zero-order valence-corrected chi connectivity index (χ0v) is 18.2. The fourth-order valence-electron chi connectivity index (χ4n) is 2.61. The minimum atomic E-state index is -0.512. The third kappa shape index (κ3) is 5.10.